The average Bonchev–Trinajstić information content (AvgIpc) is 2.92. The molecule has 0 aliphatic carbocycles. The molecule has 2 aromatic rings. The molecule has 0 unspecified atom stereocenters. The van der Waals surface area contributed by atoms with Crippen molar-refractivity contribution in [1.82, 2.24) is 5.32 Å². The number of fused-ring (bicyclic) bond motifs is 4. The summed E-state index contributed by atoms with van der Waals surface area (Å²) < 4.78 is 13.9. The minimum absolute atomic E-state index is 0.312. The van der Waals surface area contributed by atoms with Crippen LogP contribution in [0.25, 0.3) is 0 Å². The first kappa shape index (κ1) is 13.1. The van der Waals surface area contributed by atoms with Crippen LogP contribution in [0, 0.1) is 3.57 Å². The van der Waals surface area contributed by atoms with Crippen LogP contribution in [-0.2, 0) is 10.3 Å². The SMILES string of the molecule is Brc1ccc2c(c1)[C@@]1(COCN1)c1cc(I)ccc1O2. The van der Waals surface area contributed by atoms with Crippen molar-refractivity contribution in [3.63, 3.8) is 0 Å². The van der Waals surface area contributed by atoms with Gasteiger partial charge in [0, 0.05) is 19.2 Å². The zero-order valence-corrected chi connectivity index (χ0v) is 14.2. The van der Waals surface area contributed by atoms with E-state index in [-0.39, 0.29) is 5.54 Å². The van der Waals surface area contributed by atoms with Crippen LogP contribution in [0.5, 0.6) is 11.5 Å². The molecule has 5 heteroatoms. The maximum Gasteiger partial charge on any atom is 0.133 e. The van der Waals surface area contributed by atoms with Crippen molar-refractivity contribution in [2.75, 3.05) is 13.3 Å². The van der Waals surface area contributed by atoms with Gasteiger partial charge in [-0.05, 0) is 59.0 Å². The Bertz CT molecular complexity index is 645. The normalized spacial score (nSPS) is 23.3. The van der Waals surface area contributed by atoms with Gasteiger partial charge in [-0.2, -0.15) is 0 Å². The smallest absolute Gasteiger partial charge is 0.133 e. The Labute approximate surface area is 138 Å². The van der Waals surface area contributed by atoms with Gasteiger partial charge in [0.25, 0.3) is 0 Å². The highest BCUT2D eigenvalue weighted by Crippen LogP contribution is 2.49. The summed E-state index contributed by atoms with van der Waals surface area (Å²) in [6, 6.07) is 12.4. The van der Waals surface area contributed by atoms with Crippen LogP contribution < -0.4 is 10.1 Å². The third-order valence-electron chi connectivity index (χ3n) is 3.82. The fourth-order valence-electron chi connectivity index (χ4n) is 2.89. The Morgan fingerprint density at radius 3 is 2.60 bits per heavy atom. The van der Waals surface area contributed by atoms with Gasteiger partial charge in [-0.25, -0.2) is 0 Å². The molecule has 2 aromatic carbocycles. The van der Waals surface area contributed by atoms with E-state index in [9.17, 15) is 0 Å². The second-order valence-electron chi connectivity index (χ2n) is 4.96. The summed E-state index contributed by atoms with van der Waals surface area (Å²) in [7, 11) is 0. The van der Waals surface area contributed by atoms with Crippen LogP contribution in [-0.4, -0.2) is 13.3 Å². The van der Waals surface area contributed by atoms with Crippen molar-refractivity contribution in [2.45, 2.75) is 5.54 Å². The number of nitrogens with one attached hydrogen (secondary N) is 1. The van der Waals surface area contributed by atoms with E-state index in [2.05, 4.69) is 62.0 Å². The number of hydrogen-bond donors (Lipinski definition) is 1. The number of benzene rings is 2. The predicted molar refractivity (Wildman–Crippen MR) is 88.1 cm³/mol. The number of ether oxygens (including phenoxy) is 2. The highest BCUT2D eigenvalue weighted by atomic mass is 127. The van der Waals surface area contributed by atoms with Crippen LogP contribution in [0.4, 0.5) is 0 Å². The maximum absolute atomic E-state index is 6.05. The van der Waals surface area contributed by atoms with Gasteiger partial charge in [-0.15, -0.1) is 0 Å². The van der Waals surface area contributed by atoms with E-state index in [1.807, 2.05) is 18.2 Å². The third kappa shape index (κ3) is 1.83. The van der Waals surface area contributed by atoms with Gasteiger partial charge in [0.15, 0.2) is 0 Å². The Kier molecular flexibility index (Phi) is 3.06. The van der Waals surface area contributed by atoms with Gasteiger partial charge in [0.2, 0.25) is 0 Å². The van der Waals surface area contributed by atoms with Gasteiger partial charge in [-0.3, -0.25) is 5.32 Å². The molecule has 4 rings (SSSR count). The van der Waals surface area contributed by atoms with Crippen molar-refractivity contribution in [3.8, 4) is 11.5 Å². The summed E-state index contributed by atoms with van der Waals surface area (Å²) in [6.45, 7) is 1.17. The molecule has 1 N–H and O–H groups in total. The van der Waals surface area contributed by atoms with Crippen molar-refractivity contribution < 1.29 is 9.47 Å². The molecule has 1 fully saturated rings. The summed E-state index contributed by atoms with van der Waals surface area (Å²) >= 11 is 5.88. The van der Waals surface area contributed by atoms with Crippen molar-refractivity contribution in [3.05, 3.63) is 55.6 Å². The van der Waals surface area contributed by atoms with Crippen LogP contribution in [0.1, 0.15) is 11.1 Å². The van der Waals surface area contributed by atoms with Crippen LogP contribution in [0.3, 0.4) is 0 Å². The minimum Gasteiger partial charge on any atom is -0.457 e. The monoisotopic (exact) mass is 443 g/mol. The van der Waals surface area contributed by atoms with E-state index in [4.69, 9.17) is 9.47 Å². The predicted octanol–water partition coefficient (Wildman–Crippen LogP) is 3.98. The van der Waals surface area contributed by atoms with Crippen molar-refractivity contribution in [2.24, 2.45) is 0 Å². The maximum atomic E-state index is 6.05. The standard InChI is InChI=1S/C15H11BrINO2/c16-9-1-3-13-11(5-9)15(7-19-8-18-15)12-6-10(17)2-4-14(12)20-13/h1-6,18H,7-8H2/t15-/m0/s1. The van der Waals surface area contributed by atoms with E-state index >= 15 is 0 Å². The summed E-state index contributed by atoms with van der Waals surface area (Å²) in [5, 5.41) is 3.51. The summed E-state index contributed by atoms with van der Waals surface area (Å²) in [5.74, 6) is 1.79. The minimum atomic E-state index is -0.312. The molecule has 1 atom stereocenters. The quantitative estimate of drug-likeness (QED) is 0.624. The van der Waals surface area contributed by atoms with Gasteiger partial charge in [-0.1, -0.05) is 15.9 Å². The van der Waals surface area contributed by atoms with E-state index < -0.39 is 0 Å². The van der Waals surface area contributed by atoms with Crippen molar-refractivity contribution in [1.29, 1.82) is 0 Å². The largest absolute Gasteiger partial charge is 0.457 e. The summed E-state index contributed by atoms with van der Waals surface area (Å²) in [6.07, 6.45) is 0. The summed E-state index contributed by atoms with van der Waals surface area (Å²) in [4.78, 5) is 0. The number of hydrogen-bond acceptors (Lipinski definition) is 3. The van der Waals surface area contributed by atoms with Crippen LogP contribution >= 0.6 is 38.5 Å². The van der Waals surface area contributed by atoms with E-state index in [1.165, 1.54) is 3.57 Å². The van der Waals surface area contributed by atoms with Gasteiger partial charge < -0.3 is 9.47 Å². The van der Waals surface area contributed by atoms with Gasteiger partial charge in [0.05, 0.1) is 13.3 Å². The first-order valence-electron chi connectivity index (χ1n) is 6.30. The molecular formula is C15H11BrINO2. The fourth-order valence-corrected chi connectivity index (χ4v) is 3.74. The molecule has 1 spiro atoms. The molecule has 0 bridgehead atoms. The molecule has 2 heterocycles. The molecule has 1 saturated heterocycles. The van der Waals surface area contributed by atoms with Crippen LogP contribution in [0.15, 0.2) is 40.9 Å². The summed E-state index contributed by atoms with van der Waals surface area (Å²) in [5.41, 5.74) is 1.96. The molecule has 0 amide bonds. The van der Waals surface area contributed by atoms with E-state index in [1.54, 1.807) is 0 Å². The molecule has 3 nitrogen and oxygen atoms in total. The second kappa shape index (κ2) is 4.69. The fraction of sp³-hybridized carbons (Fsp3) is 0.200. The first-order chi connectivity index (χ1) is 9.69. The molecule has 0 radical (unpaired) electrons. The Balaban J connectivity index is 2.01. The van der Waals surface area contributed by atoms with Gasteiger partial charge >= 0.3 is 0 Å². The Morgan fingerprint density at radius 2 is 1.85 bits per heavy atom. The lowest BCUT2D eigenvalue weighted by molar-refractivity contribution is 0.180. The number of rotatable bonds is 0. The topological polar surface area (TPSA) is 30.5 Å². The molecule has 20 heavy (non-hydrogen) atoms. The molecule has 2 aliphatic rings. The average molecular weight is 444 g/mol. The molecule has 0 saturated carbocycles. The molecule has 102 valence electrons. The molecule has 0 aromatic heterocycles. The zero-order valence-electron chi connectivity index (χ0n) is 10.5. The Morgan fingerprint density at radius 1 is 1.10 bits per heavy atom. The Hall–Kier alpha value is -0.630. The van der Waals surface area contributed by atoms with Gasteiger partial charge in [0.1, 0.15) is 17.0 Å². The number of halogens is 2. The molecule has 2 aliphatic heterocycles. The third-order valence-corrected chi connectivity index (χ3v) is 4.98. The lowest BCUT2D eigenvalue weighted by Crippen LogP contribution is -2.42. The van der Waals surface area contributed by atoms with E-state index in [0.717, 1.165) is 27.1 Å². The van der Waals surface area contributed by atoms with Crippen LogP contribution in [0.2, 0.25) is 0 Å². The highest BCUT2D eigenvalue weighted by Gasteiger charge is 2.45. The van der Waals surface area contributed by atoms with E-state index in [0.29, 0.717) is 13.3 Å². The second-order valence-corrected chi connectivity index (χ2v) is 7.12. The lowest BCUT2D eigenvalue weighted by atomic mass is 9.81. The molecular weight excluding hydrogens is 433 g/mol. The first-order valence-corrected chi connectivity index (χ1v) is 8.17. The highest BCUT2D eigenvalue weighted by molar-refractivity contribution is 14.1. The van der Waals surface area contributed by atoms with Crippen molar-refractivity contribution >= 4 is 38.5 Å². The lowest BCUT2D eigenvalue weighted by Gasteiger charge is -2.36. The zero-order chi connectivity index (χ0) is 13.7.